The SMILES string of the molecule is CC(C)NC(N)=NCc1ccc(S(=O)(=O)N2CCCCC2)cc1.I. The molecule has 1 heterocycles. The molecule has 0 amide bonds. The molecule has 0 atom stereocenters. The molecule has 1 fully saturated rings. The van der Waals surface area contributed by atoms with E-state index < -0.39 is 10.0 Å². The molecule has 0 radical (unpaired) electrons. The minimum atomic E-state index is -3.37. The van der Waals surface area contributed by atoms with Crippen LogP contribution in [0.15, 0.2) is 34.2 Å². The van der Waals surface area contributed by atoms with Crippen LogP contribution in [0, 0.1) is 0 Å². The Morgan fingerprint density at radius 2 is 1.79 bits per heavy atom. The smallest absolute Gasteiger partial charge is 0.243 e. The van der Waals surface area contributed by atoms with E-state index in [1.54, 1.807) is 28.6 Å². The van der Waals surface area contributed by atoms with Crippen LogP contribution in [0.25, 0.3) is 0 Å². The van der Waals surface area contributed by atoms with Crippen molar-refractivity contribution in [3.05, 3.63) is 29.8 Å². The van der Waals surface area contributed by atoms with Crippen LogP contribution in [0.2, 0.25) is 0 Å². The van der Waals surface area contributed by atoms with Crippen LogP contribution in [-0.4, -0.2) is 37.8 Å². The highest BCUT2D eigenvalue weighted by Crippen LogP contribution is 2.20. The van der Waals surface area contributed by atoms with Gasteiger partial charge in [-0.1, -0.05) is 18.6 Å². The van der Waals surface area contributed by atoms with Crippen LogP contribution in [0.5, 0.6) is 0 Å². The predicted octanol–water partition coefficient (Wildman–Crippen LogP) is 2.29. The highest BCUT2D eigenvalue weighted by molar-refractivity contribution is 14.0. The molecule has 1 aliphatic rings. The second kappa shape index (κ2) is 9.57. The van der Waals surface area contributed by atoms with E-state index in [1.165, 1.54) is 0 Å². The van der Waals surface area contributed by atoms with Crippen molar-refractivity contribution < 1.29 is 8.42 Å². The van der Waals surface area contributed by atoms with Gasteiger partial charge in [-0.3, -0.25) is 0 Å². The van der Waals surface area contributed by atoms with Gasteiger partial charge in [0.15, 0.2) is 5.96 Å². The first-order valence-corrected chi connectivity index (χ1v) is 9.49. The largest absolute Gasteiger partial charge is 0.370 e. The topological polar surface area (TPSA) is 87.8 Å². The number of aliphatic imine (C=N–C) groups is 1. The van der Waals surface area contributed by atoms with Gasteiger partial charge in [0.25, 0.3) is 0 Å². The van der Waals surface area contributed by atoms with Gasteiger partial charge in [-0.25, -0.2) is 13.4 Å². The third-order valence-electron chi connectivity index (χ3n) is 3.74. The summed E-state index contributed by atoms with van der Waals surface area (Å²) in [5.41, 5.74) is 6.68. The number of rotatable bonds is 5. The Bertz CT molecular complexity index is 639. The first-order chi connectivity index (χ1) is 10.9. The number of nitrogens with zero attached hydrogens (tertiary/aromatic N) is 2. The van der Waals surface area contributed by atoms with Gasteiger partial charge in [0.2, 0.25) is 10.0 Å². The molecule has 0 bridgehead atoms. The number of benzene rings is 1. The minimum absolute atomic E-state index is 0. The van der Waals surface area contributed by atoms with E-state index in [0.717, 1.165) is 24.8 Å². The Morgan fingerprint density at radius 1 is 1.21 bits per heavy atom. The number of hydrogen-bond acceptors (Lipinski definition) is 3. The van der Waals surface area contributed by atoms with Gasteiger partial charge in [0.05, 0.1) is 11.4 Å². The fourth-order valence-corrected chi connectivity index (χ4v) is 4.06. The standard InChI is InChI=1S/C16H26N4O2S.HI/c1-13(2)19-16(17)18-12-14-6-8-15(9-7-14)23(21,22)20-10-4-3-5-11-20;/h6-9,13H,3-5,10-12H2,1-2H3,(H3,17,18,19);1H. The maximum Gasteiger partial charge on any atom is 0.243 e. The van der Waals surface area contributed by atoms with Gasteiger partial charge >= 0.3 is 0 Å². The molecule has 0 saturated carbocycles. The van der Waals surface area contributed by atoms with Crippen molar-refractivity contribution in [1.29, 1.82) is 0 Å². The van der Waals surface area contributed by atoms with Crippen LogP contribution < -0.4 is 11.1 Å². The minimum Gasteiger partial charge on any atom is -0.370 e. The highest BCUT2D eigenvalue weighted by atomic mass is 127. The fourth-order valence-electron chi connectivity index (χ4n) is 2.54. The van der Waals surface area contributed by atoms with Crippen LogP contribution in [-0.2, 0) is 16.6 Å². The van der Waals surface area contributed by atoms with Crippen molar-refractivity contribution in [3.8, 4) is 0 Å². The number of hydrogen-bond donors (Lipinski definition) is 2. The molecule has 3 N–H and O–H groups in total. The summed E-state index contributed by atoms with van der Waals surface area (Å²) in [5.74, 6) is 0.394. The second-order valence-electron chi connectivity index (χ2n) is 6.11. The van der Waals surface area contributed by atoms with Crippen molar-refractivity contribution in [3.63, 3.8) is 0 Å². The summed E-state index contributed by atoms with van der Waals surface area (Å²) >= 11 is 0. The lowest BCUT2D eigenvalue weighted by Gasteiger charge is -2.25. The summed E-state index contributed by atoms with van der Waals surface area (Å²) in [6.45, 7) is 5.64. The Balaban J connectivity index is 0.00000288. The average Bonchev–Trinajstić information content (AvgIpc) is 2.53. The molecule has 1 aliphatic heterocycles. The Kier molecular flexibility index (Phi) is 8.44. The summed E-state index contributed by atoms with van der Waals surface area (Å²) in [7, 11) is -3.37. The van der Waals surface area contributed by atoms with Gasteiger partial charge in [0, 0.05) is 19.1 Å². The summed E-state index contributed by atoms with van der Waals surface area (Å²) in [6, 6.07) is 7.13. The number of nitrogens with two attached hydrogens (primary N) is 1. The monoisotopic (exact) mass is 466 g/mol. The van der Waals surface area contributed by atoms with E-state index in [0.29, 0.717) is 30.5 Å². The van der Waals surface area contributed by atoms with E-state index in [-0.39, 0.29) is 30.0 Å². The molecule has 1 aromatic rings. The third-order valence-corrected chi connectivity index (χ3v) is 5.66. The van der Waals surface area contributed by atoms with Crippen LogP contribution >= 0.6 is 24.0 Å². The normalized spacial score (nSPS) is 16.7. The summed E-state index contributed by atoms with van der Waals surface area (Å²) in [4.78, 5) is 4.59. The van der Waals surface area contributed by atoms with Crippen molar-refractivity contribution in [2.75, 3.05) is 13.1 Å². The van der Waals surface area contributed by atoms with Crippen molar-refractivity contribution in [2.45, 2.75) is 50.6 Å². The van der Waals surface area contributed by atoms with Crippen LogP contribution in [0.4, 0.5) is 0 Å². The molecule has 8 heteroatoms. The third kappa shape index (κ3) is 5.89. The van der Waals surface area contributed by atoms with Crippen molar-refractivity contribution in [1.82, 2.24) is 9.62 Å². The van der Waals surface area contributed by atoms with Gasteiger partial charge in [-0.05, 0) is 44.4 Å². The number of nitrogens with one attached hydrogen (secondary N) is 1. The quantitative estimate of drug-likeness (QED) is 0.396. The van der Waals surface area contributed by atoms with Gasteiger partial charge < -0.3 is 11.1 Å². The maximum absolute atomic E-state index is 12.6. The van der Waals surface area contributed by atoms with E-state index >= 15 is 0 Å². The van der Waals surface area contributed by atoms with E-state index in [2.05, 4.69) is 10.3 Å². The van der Waals surface area contributed by atoms with Gasteiger partial charge in [0.1, 0.15) is 0 Å². The number of sulfonamides is 1. The average molecular weight is 466 g/mol. The first-order valence-electron chi connectivity index (χ1n) is 8.05. The van der Waals surface area contributed by atoms with E-state index in [4.69, 9.17) is 5.73 Å². The molecule has 0 spiro atoms. The van der Waals surface area contributed by atoms with E-state index in [9.17, 15) is 8.42 Å². The second-order valence-corrected chi connectivity index (χ2v) is 8.05. The summed E-state index contributed by atoms with van der Waals surface area (Å²) < 4.78 is 26.7. The molecule has 24 heavy (non-hydrogen) atoms. The van der Waals surface area contributed by atoms with Crippen molar-refractivity contribution >= 4 is 40.0 Å². The molecule has 0 aliphatic carbocycles. The summed E-state index contributed by atoms with van der Waals surface area (Å²) in [6.07, 6.45) is 2.98. The molecule has 136 valence electrons. The predicted molar refractivity (Wildman–Crippen MR) is 108 cm³/mol. The molecule has 6 nitrogen and oxygen atoms in total. The molecule has 1 saturated heterocycles. The molecule has 2 rings (SSSR count). The number of guanidine groups is 1. The zero-order chi connectivity index (χ0) is 16.9. The number of piperidine rings is 1. The number of halogens is 1. The highest BCUT2D eigenvalue weighted by Gasteiger charge is 2.25. The lowest BCUT2D eigenvalue weighted by atomic mass is 10.2. The Morgan fingerprint density at radius 3 is 2.33 bits per heavy atom. The maximum atomic E-state index is 12.6. The van der Waals surface area contributed by atoms with Gasteiger partial charge in [-0.2, -0.15) is 4.31 Å². The van der Waals surface area contributed by atoms with E-state index in [1.807, 2.05) is 13.8 Å². The zero-order valence-corrected chi connectivity index (χ0v) is 17.4. The molecule has 0 unspecified atom stereocenters. The molecular weight excluding hydrogens is 439 g/mol. The Hall–Kier alpha value is -0.870. The molecule has 1 aromatic carbocycles. The lowest BCUT2D eigenvalue weighted by Crippen LogP contribution is -2.36. The van der Waals surface area contributed by atoms with Crippen LogP contribution in [0.1, 0.15) is 38.7 Å². The summed E-state index contributed by atoms with van der Waals surface area (Å²) in [5, 5.41) is 3.02. The Labute approximate surface area is 162 Å². The van der Waals surface area contributed by atoms with Crippen molar-refractivity contribution in [2.24, 2.45) is 10.7 Å². The van der Waals surface area contributed by atoms with Crippen LogP contribution in [0.3, 0.4) is 0 Å². The first kappa shape index (κ1) is 21.2. The molecular formula is C16H27IN4O2S. The molecule has 0 aromatic heterocycles. The van der Waals surface area contributed by atoms with Gasteiger partial charge in [-0.15, -0.1) is 24.0 Å². The zero-order valence-electron chi connectivity index (χ0n) is 14.2. The lowest BCUT2D eigenvalue weighted by molar-refractivity contribution is 0.346. The fraction of sp³-hybridized carbons (Fsp3) is 0.562.